The van der Waals surface area contributed by atoms with Crippen LogP contribution in [0.2, 0.25) is 0 Å². The van der Waals surface area contributed by atoms with Gasteiger partial charge in [0.2, 0.25) is 0 Å². The summed E-state index contributed by atoms with van der Waals surface area (Å²) in [4.78, 5) is 0. The van der Waals surface area contributed by atoms with Crippen molar-refractivity contribution in [2.24, 2.45) is 11.7 Å². The summed E-state index contributed by atoms with van der Waals surface area (Å²) in [5.74, 6) is 1.39. The van der Waals surface area contributed by atoms with E-state index >= 15 is 0 Å². The molecule has 0 bridgehead atoms. The van der Waals surface area contributed by atoms with Crippen LogP contribution in [0, 0.1) is 19.8 Å². The van der Waals surface area contributed by atoms with Crippen LogP contribution in [-0.2, 0) is 12.8 Å². The molecule has 2 rings (SSSR count). The number of aryl methyl sites for hydroxylation is 2. The third-order valence-electron chi connectivity index (χ3n) is 4.13. The smallest absolute Gasteiger partial charge is 0.122 e. The first-order chi connectivity index (χ1) is 10.1. The highest BCUT2D eigenvalue weighted by Crippen LogP contribution is 2.23. The molecule has 0 aliphatic carbocycles. The summed E-state index contributed by atoms with van der Waals surface area (Å²) in [5, 5.41) is 0. The van der Waals surface area contributed by atoms with Crippen LogP contribution in [0.4, 0.5) is 0 Å². The van der Waals surface area contributed by atoms with Gasteiger partial charge in [0.05, 0.1) is 7.11 Å². The maximum absolute atomic E-state index is 5.99. The molecule has 0 aliphatic rings. The summed E-state index contributed by atoms with van der Waals surface area (Å²) in [6, 6.07) is 14.9. The molecule has 0 saturated carbocycles. The Balaban J connectivity index is 2.11. The normalized spacial score (nSPS) is 12.2. The van der Waals surface area contributed by atoms with Crippen molar-refractivity contribution in [1.82, 2.24) is 0 Å². The summed E-state index contributed by atoms with van der Waals surface area (Å²) in [5.41, 5.74) is 11.3. The molecular formula is C19H25NO. The van der Waals surface area contributed by atoms with Crippen LogP contribution in [0.15, 0.2) is 42.5 Å². The number of nitrogens with two attached hydrogens (primary N) is 1. The summed E-state index contributed by atoms with van der Waals surface area (Å²) in [6.07, 6.45) is 1.96. The first-order valence-electron chi connectivity index (χ1n) is 7.52. The highest BCUT2D eigenvalue weighted by molar-refractivity contribution is 5.34. The lowest BCUT2D eigenvalue weighted by Crippen LogP contribution is -2.19. The Hall–Kier alpha value is -1.80. The van der Waals surface area contributed by atoms with Gasteiger partial charge in [-0.2, -0.15) is 0 Å². The minimum absolute atomic E-state index is 0.434. The van der Waals surface area contributed by atoms with E-state index in [4.69, 9.17) is 10.5 Å². The van der Waals surface area contributed by atoms with Crippen LogP contribution in [0.25, 0.3) is 0 Å². The lowest BCUT2D eigenvalue weighted by Gasteiger charge is -2.17. The first-order valence-corrected chi connectivity index (χ1v) is 7.52. The molecular weight excluding hydrogens is 258 g/mol. The van der Waals surface area contributed by atoms with E-state index in [1.54, 1.807) is 7.11 Å². The minimum atomic E-state index is 0.434. The SMILES string of the molecule is COc1ccccc1CC(CN)Cc1ccc(C)c(C)c1. The van der Waals surface area contributed by atoms with E-state index in [0.29, 0.717) is 12.5 Å². The minimum Gasteiger partial charge on any atom is -0.496 e. The van der Waals surface area contributed by atoms with Gasteiger partial charge in [-0.15, -0.1) is 0 Å². The van der Waals surface area contributed by atoms with Crippen molar-refractivity contribution in [3.05, 3.63) is 64.7 Å². The molecule has 2 aromatic carbocycles. The van der Waals surface area contributed by atoms with E-state index in [0.717, 1.165) is 18.6 Å². The van der Waals surface area contributed by atoms with Crippen LogP contribution in [0.5, 0.6) is 5.75 Å². The van der Waals surface area contributed by atoms with Gasteiger partial charge < -0.3 is 10.5 Å². The highest BCUT2D eigenvalue weighted by Gasteiger charge is 2.12. The van der Waals surface area contributed by atoms with Crippen LogP contribution in [0.3, 0.4) is 0 Å². The van der Waals surface area contributed by atoms with Crippen molar-refractivity contribution in [3.8, 4) is 5.75 Å². The van der Waals surface area contributed by atoms with Crippen LogP contribution in [-0.4, -0.2) is 13.7 Å². The number of para-hydroxylation sites is 1. The summed E-state index contributed by atoms with van der Waals surface area (Å²) in [7, 11) is 1.72. The zero-order chi connectivity index (χ0) is 15.2. The lowest BCUT2D eigenvalue weighted by molar-refractivity contribution is 0.404. The predicted molar refractivity (Wildman–Crippen MR) is 88.9 cm³/mol. The van der Waals surface area contributed by atoms with Crippen LogP contribution < -0.4 is 10.5 Å². The Morgan fingerprint density at radius 1 is 1.00 bits per heavy atom. The van der Waals surface area contributed by atoms with E-state index < -0.39 is 0 Å². The van der Waals surface area contributed by atoms with Gasteiger partial charge in [-0.05, 0) is 67.5 Å². The second-order valence-electron chi connectivity index (χ2n) is 5.74. The number of hydrogen-bond acceptors (Lipinski definition) is 2. The summed E-state index contributed by atoms with van der Waals surface area (Å²) in [6.45, 7) is 5.00. The fourth-order valence-electron chi connectivity index (χ4n) is 2.69. The summed E-state index contributed by atoms with van der Waals surface area (Å²) >= 11 is 0. The third-order valence-corrected chi connectivity index (χ3v) is 4.13. The zero-order valence-electron chi connectivity index (χ0n) is 13.2. The number of methoxy groups -OCH3 is 1. The molecule has 2 N–H and O–H groups in total. The quantitative estimate of drug-likeness (QED) is 0.878. The van der Waals surface area contributed by atoms with Crippen molar-refractivity contribution < 1.29 is 4.74 Å². The van der Waals surface area contributed by atoms with E-state index in [2.05, 4.69) is 44.2 Å². The molecule has 0 heterocycles. The Labute approximate surface area is 127 Å². The first kappa shape index (κ1) is 15.6. The number of ether oxygens (including phenoxy) is 1. The van der Waals surface area contributed by atoms with E-state index in [-0.39, 0.29) is 0 Å². The highest BCUT2D eigenvalue weighted by atomic mass is 16.5. The van der Waals surface area contributed by atoms with E-state index in [1.807, 2.05) is 12.1 Å². The fraction of sp³-hybridized carbons (Fsp3) is 0.368. The van der Waals surface area contributed by atoms with Crippen molar-refractivity contribution in [2.45, 2.75) is 26.7 Å². The molecule has 1 unspecified atom stereocenters. The second-order valence-corrected chi connectivity index (χ2v) is 5.74. The average molecular weight is 283 g/mol. The molecule has 0 aromatic heterocycles. The average Bonchev–Trinajstić information content (AvgIpc) is 2.50. The maximum atomic E-state index is 5.99. The third kappa shape index (κ3) is 4.08. The molecule has 112 valence electrons. The Kier molecular flexibility index (Phi) is 5.40. The second kappa shape index (κ2) is 7.28. The van der Waals surface area contributed by atoms with Gasteiger partial charge in [-0.25, -0.2) is 0 Å². The standard InChI is InChI=1S/C19H25NO/c1-14-8-9-16(10-15(14)2)11-17(13-20)12-18-6-4-5-7-19(18)21-3/h4-10,17H,11-13,20H2,1-3H3. The fourth-order valence-corrected chi connectivity index (χ4v) is 2.69. The number of hydrogen-bond donors (Lipinski definition) is 1. The molecule has 0 amide bonds. The molecule has 2 nitrogen and oxygen atoms in total. The number of benzene rings is 2. The zero-order valence-corrected chi connectivity index (χ0v) is 13.2. The largest absolute Gasteiger partial charge is 0.496 e. The van der Waals surface area contributed by atoms with Crippen molar-refractivity contribution in [1.29, 1.82) is 0 Å². The van der Waals surface area contributed by atoms with Gasteiger partial charge in [0, 0.05) is 0 Å². The van der Waals surface area contributed by atoms with Gasteiger partial charge in [-0.3, -0.25) is 0 Å². The van der Waals surface area contributed by atoms with Crippen molar-refractivity contribution >= 4 is 0 Å². The molecule has 0 saturated heterocycles. The maximum Gasteiger partial charge on any atom is 0.122 e. The molecule has 0 fully saturated rings. The van der Waals surface area contributed by atoms with E-state index in [1.165, 1.54) is 22.3 Å². The lowest BCUT2D eigenvalue weighted by atomic mass is 9.91. The Morgan fingerprint density at radius 2 is 1.76 bits per heavy atom. The molecule has 2 heteroatoms. The molecule has 1 atom stereocenters. The van der Waals surface area contributed by atoms with Crippen molar-refractivity contribution in [2.75, 3.05) is 13.7 Å². The summed E-state index contributed by atoms with van der Waals surface area (Å²) < 4.78 is 5.43. The Bertz CT molecular complexity index is 592. The Morgan fingerprint density at radius 3 is 2.43 bits per heavy atom. The number of rotatable bonds is 6. The molecule has 0 aliphatic heterocycles. The molecule has 2 aromatic rings. The van der Waals surface area contributed by atoms with Gasteiger partial charge in [0.25, 0.3) is 0 Å². The monoisotopic (exact) mass is 283 g/mol. The van der Waals surface area contributed by atoms with E-state index in [9.17, 15) is 0 Å². The van der Waals surface area contributed by atoms with Gasteiger partial charge in [0.1, 0.15) is 5.75 Å². The molecule has 21 heavy (non-hydrogen) atoms. The molecule has 0 spiro atoms. The molecule has 0 radical (unpaired) electrons. The van der Waals surface area contributed by atoms with Crippen LogP contribution >= 0.6 is 0 Å². The topological polar surface area (TPSA) is 35.2 Å². The predicted octanol–water partition coefficient (Wildman–Crippen LogP) is 3.67. The van der Waals surface area contributed by atoms with Crippen LogP contribution in [0.1, 0.15) is 22.3 Å². The van der Waals surface area contributed by atoms with Gasteiger partial charge >= 0.3 is 0 Å². The van der Waals surface area contributed by atoms with Gasteiger partial charge in [-0.1, -0.05) is 36.4 Å². The van der Waals surface area contributed by atoms with Crippen molar-refractivity contribution in [3.63, 3.8) is 0 Å². The van der Waals surface area contributed by atoms with Gasteiger partial charge in [0.15, 0.2) is 0 Å².